The number of amides is 2. The number of fused-ring (bicyclic) bond motifs is 1. The van der Waals surface area contributed by atoms with Crippen LogP contribution in [0.25, 0.3) is 10.8 Å². The number of carboxylic acid groups (broad SMARTS) is 1. The Kier molecular flexibility index (Phi) is 4.71. The van der Waals surface area contributed by atoms with Gasteiger partial charge >= 0.3 is 12.0 Å². The third kappa shape index (κ3) is 3.68. The van der Waals surface area contributed by atoms with Gasteiger partial charge in [-0.2, -0.15) is 0 Å². The largest absolute Gasteiger partial charge is 0.480 e. The maximum atomic E-state index is 12.2. The van der Waals surface area contributed by atoms with Crippen LogP contribution in [0.3, 0.4) is 0 Å². The highest BCUT2D eigenvalue weighted by molar-refractivity contribution is 6.01. The lowest BCUT2D eigenvalue weighted by Gasteiger charge is -2.21. The smallest absolute Gasteiger partial charge is 0.323 e. The number of rotatable bonds is 5. The van der Waals surface area contributed by atoms with Gasteiger partial charge in [-0.15, -0.1) is 0 Å². The molecule has 1 heterocycles. The van der Waals surface area contributed by atoms with Crippen molar-refractivity contribution in [1.29, 1.82) is 0 Å². The second kappa shape index (κ2) is 6.69. The van der Waals surface area contributed by atoms with Crippen LogP contribution < -0.4 is 5.32 Å². The Morgan fingerprint density at radius 2 is 2.14 bits per heavy atom. The molecular formula is C15H17N3O3. The fraction of sp³-hybridized carbons (Fsp3) is 0.267. The standard InChI is InChI=1S/C15H17N3O3/c1-2-8-18(10-14(19)20)15(21)17-13-5-3-4-11-6-7-16-9-12(11)13/h3-7,9H,2,8,10H2,1H3,(H,17,21)(H,19,20). The number of anilines is 1. The van der Waals surface area contributed by atoms with E-state index in [1.165, 1.54) is 4.90 Å². The molecule has 0 atom stereocenters. The number of nitrogens with zero attached hydrogens (tertiary/aromatic N) is 2. The molecule has 0 aliphatic carbocycles. The number of aliphatic carboxylic acids is 1. The van der Waals surface area contributed by atoms with E-state index in [4.69, 9.17) is 5.11 Å². The number of benzene rings is 1. The Hall–Kier alpha value is -2.63. The van der Waals surface area contributed by atoms with Gasteiger partial charge in [-0.25, -0.2) is 4.79 Å². The molecule has 2 rings (SSSR count). The second-order valence-corrected chi connectivity index (χ2v) is 4.65. The highest BCUT2D eigenvalue weighted by Gasteiger charge is 2.16. The minimum absolute atomic E-state index is 0.317. The molecule has 0 unspecified atom stereocenters. The van der Waals surface area contributed by atoms with Gasteiger partial charge in [-0.05, 0) is 23.9 Å². The van der Waals surface area contributed by atoms with Crippen LogP contribution in [-0.2, 0) is 4.79 Å². The van der Waals surface area contributed by atoms with Gasteiger partial charge < -0.3 is 15.3 Å². The number of hydrogen-bond donors (Lipinski definition) is 2. The lowest BCUT2D eigenvalue weighted by atomic mass is 10.1. The fourth-order valence-electron chi connectivity index (χ4n) is 2.10. The molecule has 0 fully saturated rings. The zero-order valence-corrected chi connectivity index (χ0v) is 11.7. The van der Waals surface area contributed by atoms with E-state index < -0.39 is 12.0 Å². The minimum atomic E-state index is -1.03. The summed E-state index contributed by atoms with van der Waals surface area (Å²) in [5, 5.41) is 13.4. The quantitative estimate of drug-likeness (QED) is 0.885. The van der Waals surface area contributed by atoms with Crippen molar-refractivity contribution in [2.24, 2.45) is 0 Å². The van der Waals surface area contributed by atoms with E-state index in [2.05, 4.69) is 10.3 Å². The number of carbonyl (C=O) groups is 2. The molecule has 1 aromatic heterocycles. The van der Waals surface area contributed by atoms with E-state index >= 15 is 0 Å². The molecule has 0 aliphatic rings. The predicted molar refractivity (Wildman–Crippen MR) is 80.3 cm³/mol. The van der Waals surface area contributed by atoms with Crippen LogP contribution in [0.2, 0.25) is 0 Å². The number of pyridine rings is 1. The van der Waals surface area contributed by atoms with Gasteiger partial charge in [0, 0.05) is 24.3 Å². The van der Waals surface area contributed by atoms with Crippen molar-refractivity contribution in [1.82, 2.24) is 9.88 Å². The molecule has 1 aromatic carbocycles. The third-order valence-electron chi connectivity index (χ3n) is 3.03. The number of nitrogens with one attached hydrogen (secondary N) is 1. The molecule has 2 aromatic rings. The van der Waals surface area contributed by atoms with Gasteiger partial charge in [-0.3, -0.25) is 9.78 Å². The zero-order chi connectivity index (χ0) is 15.2. The molecule has 2 N–H and O–H groups in total. The third-order valence-corrected chi connectivity index (χ3v) is 3.03. The molecule has 0 saturated heterocycles. The van der Waals surface area contributed by atoms with Gasteiger partial charge in [0.05, 0.1) is 5.69 Å². The molecule has 110 valence electrons. The van der Waals surface area contributed by atoms with Crippen LogP contribution in [0.15, 0.2) is 36.7 Å². The monoisotopic (exact) mass is 287 g/mol. The van der Waals surface area contributed by atoms with E-state index in [0.717, 1.165) is 10.8 Å². The number of urea groups is 1. The molecule has 6 heteroatoms. The lowest BCUT2D eigenvalue weighted by Crippen LogP contribution is -2.39. The highest BCUT2D eigenvalue weighted by Crippen LogP contribution is 2.22. The van der Waals surface area contributed by atoms with Crippen LogP contribution in [0.5, 0.6) is 0 Å². The van der Waals surface area contributed by atoms with E-state index in [-0.39, 0.29) is 6.54 Å². The summed E-state index contributed by atoms with van der Waals surface area (Å²) in [5.74, 6) is -1.03. The molecule has 0 saturated carbocycles. The summed E-state index contributed by atoms with van der Waals surface area (Å²) >= 11 is 0. The van der Waals surface area contributed by atoms with Crippen molar-refractivity contribution in [2.75, 3.05) is 18.4 Å². The van der Waals surface area contributed by atoms with Gasteiger partial charge in [0.1, 0.15) is 6.54 Å². The van der Waals surface area contributed by atoms with Crippen LogP contribution in [0.4, 0.5) is 10.5 Å². The van der Waals surface area contributed by atoms with E-state index in [0.29, 0.717) is 18.7 Å². The van der Waals surface area contributed by atoms with E-state index in [1.54, 1.807) is 18.5 Å². The topological polar surface area (TPSA) is 82.5 Å². The van der Waals surface area contributed by atoms with Crippen molar-refractivity contribution in [3.8, 4) is 0 Å². The molecule has 2 amide bonds. The summed E-state index contributed by atoms with van der Waals surface area (Å²) in [7, 11) is 0. The Labute approximate surface area is 122 Å². The molecule has 0 spiro atoms. The van der Waals surface area contributed by atoms with Crippen molar-refractivity contribution in [3.63, 3.8) is 0 Å². The molecule has 0 radical (unpaired) electrons. The van der Waals surface area contributed by atoms with Crippen molar-refractivity contribution >= 4 is 28.5 Å². The average Bonchev–Trinajstić information content (AvgIpc) is 2.47. The molecular weight excluding hydrogens is 270 g/mol. The summed E-state index contributed by atoms with van der Waals surface area (Å²) in [6, 6.07) is 6.96. The summed E-state index contributed by atoms with van der Waals surface area (Å²) in [4.78, 5) is 28.4. The first-order valence-electron chi connectivity index (χ1n) is 6.72. The summed E-state index contributed by atoms with van der Waals surface area (Å²) in [6.07, 6.45) is 4.05. The maximum Gasteiger partial charge on any atom is 0.323 e. The van der Waals surface area contributed by atoms with Crippen molar-refractivity contribution in [2.45, 2.75) is 13.3 Å². The average molecular weight is 287 g/mol. The lowest BCUT2D eigenvalue weighted by molar-refractivity contribution is -0.137. The first kappa shape index (κ1) is 14.8. The number of aromatic nitrogens is 1. The van der Waals surface area contributed by atoms with E-state index in [9.17, 15) is 9.59 Å². The van der Waals surface area contributed by atoms with Gasteiger partial charge in [-0.1, -0.05) is 19.1 Å². The van der Waals surface area contributed by atoms with Gasteiger partial charge in [0.15, 0.2) is 0 Å². The number of carboxylic acids is 1. The van der Waals surface area contributed by atoms with Crippen LogP contribution in [0, 0.1) is 0 Å². The number of hydrogen-bond acceptors (Lipinski definition) is 3. The van der Waals surface area contributed by atoms with Crippen LogP contribution in [-0.4, -0.2) is 40.1 Å². The minimum Gasteiger partial charge on any atom is -0.480 e. The summed E-state index contributed by atoms with van der Waals surface area (Å²) in [6.45, 7) is 1.97. The second-order valence-electron chi connectivity index (χ2n) is 4.65. The van der Waals surface area contributed by atoms with Gasteiger partial charge in [0.25, 0.3) is 0 Å². The van der Waals surface area contributed by atoms with Crippen molar-refractivity contribution in [3.05, 3.63) is 36.7 Å². The zero-order valence-electron chi connectivity index (χ0n) is 11.7. The molecule has 0 aliphatic heterocycles. The predicted octanol–water partition coefficient (Wildman–Crippen LogP) is 2.56. The molecule has 6 nitrogen and oxygen atoms in total. The Bertz CT molecular complexity index is 652. The van der Waals surface area contributed by atoms with Crippen LogP contribution >= 0.6 is 0 Å². The fourth-order valence-corrected chi connectivity index (χ4v) is 2.10. The maximum absolute atomic E-state index is 12.2. The SMILES string of the molecule is CCCN(CC(=O)O)C(=O)Nc1cccc2ccncc12. The highest BCUT2D eigenvalue weighted by atomic mass is 16.4. The first-order valence-corrected chi connectivity index (χ1v) is 6.72. The van der Waals surface area contributed by atoms with E-state index in [1.807, 2.05) is 25.1 Å². The van der Waals surface area contributed by atoms with Crippen LogP contribution in [0.1, 0.15) is 13.3 Å². The summed E-state index contributed by atoms with van der Waals surface area (Å²) in [5.41, 5.74) is 0.622. The Balaban J connectivity index is 2.21. The van der Waals surface area contributed by atoms with Crippen molar-refractivity contribution < 1.29 is 14.7 Å². The Morgan fingerprint density at radius 1 is 1.33 bits per heavy atom. The molecule has 0 bridgehead atoms. The van der Waals surface area contributed by atoms with Gasteiger partial charge in [0.2, 0.25) is 0 Å². The normalized spacial score (nSPS) is 10.3. The Morgan fingerprint density at radius 3 is 2.86 bits per heavy atom. The first-order chi connectivity index (χ1) is 10.1. The molecule has 21 heavy (non-hydrogen) atoms. The number of carbonyl (C=O) groups excluding carboxylic acids is 1. The summed E-state index contributed by atoms with van der Waals surface area (Å²) < 4.78 is 0.